The van der Waals surface area contributed by atoms with Gasteiger partial charge in [-0.15, -0.1) is 0 Å². The highest BCUT2D eigenvalue weighted by molar-refractivity contribution is 5.79. The number of methoxy groups -OCH3 is 1. The fourth-order valence-electron chi connectivity index (χ4n) is 2.91. The van der Waals surface area contributed by atoms with Crippen LogP contribution in [0.4, 0.5) is 0 Å². The molecule has 2 aromatic rings. The standard InChI is InChI=1S/C22H29NO2/c1-5-17-6-8-18(9-7-17)15-22(24)23-21(14-16(2)3)19-10-12-20(25-4)13-11-19/h6-13,16,21H,5,14-15H2,1-4H3,(H,23,24)/t21-/m0/s1. The molecule has 0 aliphatic carbocycles. The Hall–Kier alpha value is -2.29. The van der Waals surface area contributed by atoms with Gasteiger partial charge >= 0.3 is 0 Å². The lowest BCUT2D eigenvalue weighted by Gasteiger charge is -2.21. The van der Waals surface area contributed by atoms with E-state index in [1.807, 2.05) is 36.4 Å². The Labute approximate surface area is 151 Å². The van der Waals surface area contributed by atoms with E-state index in [1.165, 1.54) is 5.56 Å². The predicted octanol–water partition coefficient (Wildman–Crippen LogP) is 4.70. The molecular weight excluding hydrogens is 310 g/mol. The zero-order valence-electron chi connectivity index (χ0n) is 15.7. The van der Waals surface area contributed by atoms with Gasteiger partial charge in [-0.3, -0.25) is 4.79 Å². The van der Waals surface area contributed by atoms with Gasteiger partial charge in [0.05, 0.1) is 19.6 Å². The molecule has 3 nitrogen and oxygen atoms in total. The fourth-order valence-corrected chi connectivity index (χ4v) is 2.91. The van der Waals surface area contributed by atoms with Crippen molar-refractivity contribution in [3.05, 3.63) is 65.2 Å². The van der Waals surface area contributed by atoms with Crippen LogP contribution in [0.25, 0.3) is 0 Å². The lowest BCUT2D eigenvalue weighted by atomic mass is 9.96. The van der Waals surface area contributed by atoms with E-state index in [9.17, 15) is 4.79 Å². The van der Waals surface area contributed by atoms with Crippen LogP contribution in [0.15, 0.2) is 48.5 Å². The van der Waals surface area contributed by atoms with Crippen molar-refractivity contribution in [1.29, 1.82) is 0 Å². The first-order chi connectivity index (χ1) is 12.0. The number of aryl methyl sites for hydroxylation is 1. The maximum Gasteiger partial charge on any atom is 0.224 e. The summed E-state index contributed by atoms with van der Waals surface area (Å²) in [6, 6.07) is 16.2. The van der Waals surface area contributed by atoms with Gasteiger partial charge in [-0.2, -0.15) is 0 Å². The molecule has 0 saturated carbocycles. The zero-order valence-corrected chi connectivity index (χ0v) is 15.7. The Morgan fingerprint density at radius 1 is 1.00 bits per heavy atom. The number of rotatable bonds is 8. The molecule has 25 heavy (non-hydrogen) atoms. The van der Waals surface area contributed by atoms with E-state index in [2.05, 4.69) is 38.2 Å². The Morgan fingerprint density at radius 3 is 2.12 bits per heavy atom. The fraction of sp³-hybridized carbons (Fsp3) is 0.409. The molecule has 0 aliphatic rings. The van der Waals surface area contributed by atoms with E-state index in [-0.39, 0.29) is 11.9 Å². The summed E-state index contributed by atoms with van der Waals surface area (Å²) in [5, 5.41) is 3.20. The molecule has 0 spiro atoms. The molecule has 0 bridgehead atoms. The summed E-state index contributed by atoms with van der Waals surface area (Å²) in [4.78, 5) is 12.5. The van der Waals surface area contributed by atoms with Crippen LogP contribution in [-0.4, -0.2) is 13.0 Å². The molecule has 1 N–H and O–H groups in total. The Bertz CT molecular complexity index is 659. The number of carbonyl (C=O) groups is 1. The van der Waals surface area contributed by atoms with Crippen LogP contribution in [0.3, 0.4) is 0 Å². The molecule has 0 unspecified atom stereocenters. The maximum absolute atomic E-state index is 12.5. The number of nitrogens with one attached hydrogen (secondary N) is 1. The smallest absolute Gasteiger partial charge is 0.224 e. The average Bonchev–Trinajstić information content (AvgIpc) is 2.61. The molecule has 134 valence electrons. The highest BCUT2D eigenvalue weighted by atomic mass is 16.5. The number of carbonyl (C=O) groups excluding carboxylic acids is 1. The largest absolute Gasteiger partial charge is 0.497 e. The molecule has 0 aromatic heterocycles. The monoisotopic (exact) mass is 339 g/mol. The van der Waals surface area contributed by atoms with E-state index in [0.717, 1.165) is 29.7 Å². The van der Waals surface area contributed by atoms with Crippen molar-refractivity contribution >= 4 is 5.91 Å². The van der Waals surface area contributed by atoms with Crippen LogP contribution in [0, 0.1) is 5.92 Å². The molecule has 0 heterocycles. The van der Waals surface area contributed by atoms with E-state index in [1.54, 1.807) is 7.11 Å². The third-order valence-corrected chi connectivity index (χ3v) is 4.36. The van der Waals surface area contributed by atoms with Gasteiger partial charge in [-0.25, -0.2) is 0 Å². The van der Waals surface area contributed by atoms with Gasteiger partial charge in [0, 0.05) is 0 Å². The van der Waals surface area contributed by atoms with Crippen molar-refractivity contribution in [2.24, 2.45) is 5.92 Å². The second kappa shape index (κ2) is 9.26. The molecule has 3 heteroatoms. The van der Waals surface area contributed by atoms with Crippen molar-refractivity contribution in [3.63, 3.8) is 0 Å². The summed E-state index contributed by atoms with van der Waals surface area (Å²) in [5.74, 6) is 1.39. The minimum atomic E-state index is 0.0216. The first-order valence-electron chi connectivity index (χ1n) is 9.03. The molecule has 1 atom stereocenters. The van der Waals surface area contributed by atoms with Gasteiger partial charge in [-0.1, -0.05) is 57.2 Å². The first-order valence-corrected chi connectivity index (χ1v) is 9.03. The van der Waals surface area contributed by atoms with Crippen LogP contribution >= 0.6 is 0 Å². The van der Waals surface area contributed by atoms with Crippen molar-refractivity contribution < 1.29 is 9.53 Å². The zero-order chi connectivity index (χ0) is 18.2. The quantitative estimate of drug-likeness (QED) is 0.757. The van der Waals surface area contributed by atoms with Crippen LogP contribution in [-0.2, 0) is 17.6 Å². The molecule has 0 radical (unpaired) electrons. The summed E-state index contributed by atoms with van der Waals surface area (Å²) in [5.41, 5.74) is 3.46. The molecule has 2 aromatic carbocycles. The lowest BCUT2D eigenvalue weighted by molar-refractivity contribution is -0.121. The topological polar surface area (TPSA) is 38.3 Å². The minimum Gasteiger partial charge on any atom is -0.497 e. The van der Waals surface area contributed by atoms with E-state index >= 15 is 0 Å². The van der Waals surface area contributed by atoms with E-state index in [4.69, 9.17) is 4.74 Å². The summed E-state index contributed by atoms with van der Waals surface area (Å²) < 4.78 is 5.22. The molecule has 2 rings (SSSR count). The Balaban J connectivity index is 2.05. The highest BCUT2D eigenvalue weighted by Crippen LogP contribution is 2.23. The predicted molar refractivity (Wildman–Crippen MR) is 103 cm³/mol. The summed E-state index contributed by atoms with van der Waals surface area (Å²) in [6.45, 7) is 6.48. The Morgan fingerprint density at radius 2 is 1.60 bits per heavy atom. The summed E-state index contributed by atoms with van der Waals surface area (Å²) in [7, 11) is 1.66. The second-order valence-electron chi connectivity index (χ2n) is 6.87. The van der Waals surface area contributed by atoms with Gasteiger partial charge < -0.3 is 10.1 Å². The minimum absolute atomic E-state index is 0.0216. The van der Waals surface area contributed by atoms with Gasteiger partial charge in [0.2, 0.25) is 5.91 Å². The second-order valence-corrected chi connectivity index (χ2v) is 6.87. The maximum atomic E-state index is 12.5. The van der Waals surface area contributed by atoms with Crippen molar-refractivity contribution in [3.8, 4) is 5.75 Å². The first kappa shape index (κ1) is 19.0. The van der Waals surface area contributed by atoms with Crippen molar-refractivity contribution in [1.82, 2.24) is 5.32 Å². The number of hydrogen-bond acceptors (Lipinski definition) is 2. The van der Waals surface area contributed by atoms with Crippen LogP contribution < -0.4 is 10.1 Å². The molecule has 0 saturated heterocycles. The van der Waals surface area contributed by atoms with Crippen LogP contribution in [0.5, 0.6) is 5.75 Å². The van der Waals surface area contributed by atoms with Crippen molar-refractivity contribution in [2.45, 2.75) is 46.1 Å². The van der Waals surface area contributed by atoms with E-state index in [0.29, 0.717) is 12.3 Å². The molecule has 1 amide bonds. The third-order valence-electron chi connectivity index (χ3n) is 4.36. The number of hydrogen-bond donors (Lipinski definition) is 1. The van der Waals surface area contributed by atoms with Gasteiger partial charge in [-0.05, 0) is 47.6 Å². The van der Waals surface area contributed by atoms with E-state index < -0.39 is 0 Å². The SMILES string of the molecule is CCc1ccc(CC(=O)N[C@@H](CC(C)C)c2ccc(OC)cc2)cc1. The molecular formula is C22H29NO2. The lowest BCUT2D eigenvalue weighted by Crippen LogP contribution is -2.30. The Kier molecular flexibility index (Phi) is 7.05. The van der Waals surface area contributed by atoms with Gasteiger partial charge in [0.25, 0.3) is 0 Å². The van der Waals surface area contributed by atoms with Crippen LogP contribution in [0.1, 0.15) is 49.9 Å². The number of ether oxygens (including phenoxy) is 1. The molecule has 0 fully saturated rings. The summed E-state index contributed by atoms with van der Waals surface area (Å²) >= 11 is 0. The average molecular weight is 339 g/mol. The third kappa shape index (κ3) is 5.93. The van der Waals surface area contributed by atoms with Crippen molar-refractivity contribution in [2.75, 3.05) is 7.11 Å². The number of amides is 1. The highest BCUT2D eigenvalue weighted by Gasteiger charge is 2.16. The van der Waals surface area contributed by atoms with Gasteiger partial charge in [0.1, 0.15) is 5.75 Å². The van der Waals surface area contributed by atoms with Crippen LogP contribution in [0.2, 0.25) is 0 Å². The number of benzene rings is 2. The molecule has 0 aliphatic heterocycles. The normalized spacial score (nSPS) is 12.0. The van der Waals surface area contributed by atoms with Gasteiger partial charge in [0.15, 0.2) is 0 Å². The summed E-state index contributed by atoms with van der Waals surface area (Å²) in [6.07, 6.45) is 2.34.